The standard InChI is InChI=1S/C14H10BrClN2O4/c1-22-13-5-2-8(6-10(13)15)14(19)17-12-4-3-9(18(20)21)7-11(12)16/h2-7H,1H3,(H,17,19). The Hall–Kier alpha value is -2.12. The molecule has 2 rings (SSSR count). The zero-order valence-electron chi connectivity index (χ0n) is 11.3. The number of non-ortho nitro benzene ring substituents is 1. The van der Waals surface area contributed by atoms with Crippen LogP contribution < -0.4 is 10.1 Å². The summed E-state index contributed by atoms with van der Waals surface area (Å²) in [6.45, 7) is 0. The second-order valence-electron chi connectivity index (χ2n) is 4.22. The van der Waals surface area contributed by atoms with Crippen molar-refractivity contribution in [2.75, 3.05) is 12.4 Å². The number of nitrogens with one attached hydrogen (secondary N) is 1. The van der Waals surface area contributed by atoms with Crippen molar-refractivity contribution in [1.82, 2.24) is 0 Å². The Morgan fingerprint density at radius 2 is 2.05 bits per heavy atom. The SMILES string of the molecule is COc1ccc(C(=O)Nc2ccc([N+](=O)[O-])cc2Cl)cc1Br. The second kappa shape index (κ2) is 6.76. The van der Waals surface area contributed by atoms with E-state index in [0.717, 1.165) is 0 Å². The van der Waals surface area contributed by atoms with Gasteiger partial charge in [0.25, 0.3) is 11.6 Å². The van der Waals surface area contributed by atoms with Crippen molar-refractivity contribution in [1.29, 1.82) is 0 Å². The van der Waals surface area contributed by atoms with Crippen LogP contribution >= 0.6 is 27.5 Å². The molecular formula is C14H10BrClN2O4. The molecule has 8 heteroatoms. The molecule has 2 aromatic carbocycles. The topological polar surface area (TPSA) is 81.5 Å². The molecule has 0 radical (unpaired) electrons. The minimum absolute atomic E-state index is 0.0927. The smallest absolute Gasteiger partial charge is 0.271 e. The molecule has 0 atom stereocenters. The van der Waals surface area contributed by atoms with Gasteiger partial charge >= 0.3 is 0 Å². The van der Waals surface area contributed by atoms with Crippen molar-refractivity contribution < 1.29 is 14.5 Å². The van der Waals surface area contributed by atoms with Crippen LogP contribution in [0, 0.1) is 10.1 Å². The molecule has 22 heavy (non-hydrogen) atoms. The van der Waals surface area contributed by atoms with Crippen LogP contribution in [0.4, 0.5) is 11.4 Å². The van der Waals surface area contributed by atoms with Gasteiger partial charge in [0.1, 0.15) is 5.75 Å². The summed E-state index contributed by atoms with van der Waals surface area (Å²) in [5.74, 6) is 0.212. The van der Waals surface area contributed by atoms with Crippen LogP contribution in [0.3, 0.4) is 0 Å². The molecule has 1 N–H and O–H groups in total. The fraction of sp³-hybridized carbons (Fsp3) is 0.0714. The number of nitrogens with zero attached hydrogens (tertiary/aromatic N) is 1. The van der Waals surface area contributed by atoms with E-state index >= 15 is 0 Å². The maximum absolute atomic E-state index is 12.2. The lowest BCUT2D eigenvalue weighted by molar-refractivity contribution is -0.384. The van der Waals surface area contributed by atoms with Crippen LogP contribution in [-0.4, -0.2) is 17.9 Å². The zero-order chi connectivity index (χ0) is 16.3. The fourth-order valence-corrected chi connectivity index (χ4v) is 2.48. The van der Waals surface area contributed by atoms with Crippen molar-refractivity contribution in [2.24, 2.45) is 0 Å². The molecule has 0 aliphatic rings. The maximum Gasteiger partial charge on any atom is 0.271 e. The first kappa shape index (κ1) is 16.3. The van der Waals surface area contributed by atoms with Gasteiger partial charge < -0.3 is 10.1 Å². The number of benzene rings is 2. The number of rotatable bonds is 4. The summed E-state index contributed by atoms with van der Waals surface area (Å²) in [6.07, 6.45) is 0. The van der Waals surface area contributed by atoms with Crippen molar-refractivity contribution in [3.05, 3.63) is 61.6 Å². The summed E-state index contributed by atoms with van der Waals surface area (Å²) in [5, 5.41) is 13.3. The number of nitro groups is 1. The molecule has 0 bridgehead atoms. The largest absolute Gasteiger partial charge is 0.496 e. The molecular weight excluding hydrogens is 376 g/mol. The number of carbonyl (C=O) groups excluding carboxylic acids is 1. The van der Waals surface area contributed by atoms with Gasteiger partial charge in [-0.2, -0.15) is 0 Å². The summed E-state index contributed by atoms with van der Waals surface area (Å²) in [5.41, 5.74) is 0.543. The normalized spacial score (nSPS) is 10.1. The van der Waals surface area contributed by atoms with E-state index in [1.54, 1.807) is 18.2 Å². The monoisotopic (exact) mass is 384 g/mol. The van der Waals surface area contributed by atoms with Crippen molar-refractivity contribution >= 4 is 44.8 Å². The Bertz CT molecular complexity index is 752. The van der Waals surface area contributed by atoms with E-state index in [2.05, 4.69) is 21.2 Å². The molecule has 6 nitrogen and oxygen atoms in total. The molecule has 114 valence electrons. The first-order valence-electron chi connectivity index (χ1n) is 6.01. The van der Waals surface area contributed by atoms with E-state index in [0.29, 0.717) is 21.5 Å². The number of hydrogen-bond donors (Lipinski definition) is 1. The van der Waals surface area contributed by atoms with Crippen LogP contribution in [0.5, 0.6) is 5.75 Å². The first-order valence-corrected chi connectivity index (χ1v) is 7.18. The Morgan fingerprint density at radius 1 is 1.32 bits per heavy atom. The highest BCUT2D eigenvalue weighted by atomic mass is 79.9. The number of hydrogen-bond acceptors (Lipinski definition) is 4. The minimum atomic E-state index is -0.557. The van der Waals surface area contributed by atoms with Crippen molar-refractivity contribution in [2.45, 2.75) is 0 Å². The molecule has 0 spiro atoms. The third-order valence-corrected chi connectivity index (χ3v) is 3.76. The van der Waals surface area contributed by atoms with Gasteiger partial charge in [0.15, 0.2) is 0 Å². The summed E-state index contributed by atoms with van der Waals surface area (Å²) in [7, 11) is 1.52. The molecule has 0 unspecified atom stereocenters. The molecule has 0 aliphatic carbocycles. The van der Waals surface area contributed by atoms with Gasteiger partial charge in [-0.3, -0.25) is 14.9 Å². The third kappa shape index (κ3) is 3.55. The molecule has 0 aromatic heterocycles. The second-order valence-corrected chi connectivity index (χ2v) is 5.49. The highest BCUT2D eigenvalue weighted by Gasteiger charge is 2.13. The lowest BCUT2D eigenvalue weighted by Gasteiger charge is -2.09. The van der Waals surface area contributed by atoms with E-state index in [4.69, 9.17) is 16.3 Å². The van der Waals surface area contributed by atoms with Gasteiger partial charge in [0, 0.05) is 17.7 Å². The molecule has 0 fully saturated rings. The molecule has 0 heterocycles. The van der Waals surface area contributed by atoms with Crippen LogP contribution in [0.1, 0.15) is 10.4 Å². The van der Waals surface area contributed by atoms with Gasteiger partial charge in [-0.1, -0.05) is 11.6 Å². The van der Waals surface area contributed by atoms with Gasteiger partial charge in [0.2, 0.25) is 0 Å². The highest BCUT2D eigenvalue weighted by Crippen LogP contribution is 2.28. The van der Waals surface area contributed by atoms with Crippen molar-refractivity contribution in [3.8, 4) is 5.75 Å². The predicted molar refractivity (Wildman–Crippen MR) is 86.8 cm³/mol. The van der Waals surface area contributed by atoms with E-state index in [9.17, 15) is 14.9 Å². The lowest BCUT2D eigenvalue weighted by atomic mass is 10.2. The summed E-state index contributed by atoms with van der Waals surface area (Å²) in [4.78, 5) is 22.3. The highest BCUT2D eigenvalue weighted by molar-refractivity contribution is 9.10. The molecule has 0 aliphatic heterocycles. The lowest BCUT2D eigenvalue weighted by Crippen LogP contribution is -2.12. The van der Waals surface area contributed by atoms with E-state index in [-0.39, 0.29) is 16.6 Å². The Labute approximate surface area is 139 Å². The van der Waals surface area contributed by atoms with Crippen LogP contribution in [0.2, 0.25) is 5.02 Å². The number of carbonyl (C=O) groups is 1. The van der Waals surface area contributed by atoms with Gasteiger partial charge in [-0.15, -0.1) is 0 Å². The average molecular weight is 386 g/mol. The number of ether oxygens (including phenoxy) is 1. The van der Waals surface area contributed by atoms with E-state index in [1.807, 2.05) is 0 Å². The number of halogens is 2. The zero-order valence-corrected chi connectivity index (χ0v) is 13.6. The quantitative estimate of drug-likeness (QED) is 0.629. The summed E-state index contributed by atoms with van der Waals surface area (Å²) in [6, 6.07) is 8.69. The third-order valence-electron chi connectivity index (χ3n) is 2.83. The van der Waals surface area contributed by atoms with Crippen LogP contribution in [0.25, 0.3) is 0 Å². The van der Waals surface area contributed by atoms with Crippen molar-refractivity contribution in [3.63, 3.8) is 0 Å². The first-order chi connectivity index (χ1) is 10.4. The molecule has 1 amide bonds. The summed E-state index contributed by atoms with van der Waals surface area (Å²) >= 11 is 9.23. The van der Waals surface area contributed by atoms with E-state index in [1.165, 1.54) is 25.3 Å². The fourth-order valence-electron chi connectivity index (χ4n) is 1.72. The minimum Gasteiger partial charge on any atom is -0.496 e. The number of anilines is 1. The predicted octanol–water partition coefficient (Wildman–Crippen LogP) is 4.27. The Kier molecular flexibility index (Phi) is 4.99. The molecule has 0 saturated carbocycles. The van der Waals surface area contributed by atoms with Gasteiger partial charge in [-0.25, -0.2) is 0 Å². The summed E-state index contributed by atoms with van der Waals surface area (Å²) < 4.78 is 5.73. The number of amides is 1. The van der Waals surface area contributed by atoms with Gasteiger partial charge in [-0.05, 0) is 40.2 Å². The molecule has 2 aromatic rings. The van der Waals surface area contributed by atoms with Gasteiger partial charge in [0.05, 0.1) is 27.2 Å². The average Bonchev–Trinajstić information content (AvgIpc) is 2.48. The maximum atomic E-state index is 12.2. The van der Waals surface area contributed by atoms with Crippen LogP contribution in [-0.2, 0) is 0 Å². The van der Waals surface area contributed by atoms with E-state index < -0.39 is 4.92 Å². The number of nitro benzene ring substituents is 1. The Balaban J connectivity index is 2.22. The van der Waals surface area contributed by atoms with Crippen LogP contribution in [0.15, 0.2) is 40.9 Å². The molecule has 0 saturated heterocycles. The number of methoxy groups -OCH3 is 1. The Morgan fingerprint density at radius 3 is 2.59 bits per heavy atom.